The molecule has 17 heavy (non-hydrogen) atoms. The lowest BCUT2D eigenvalue weighted by molar-refractivity contribution is 0.315. The van der Waals surface area contributed by atoms with E-state index in [1.807, 2.05) is 0 Å². The molecule has 0 saturated heterocycles. The number of nitrogens with zero attached hydrogens (tertiary/aromatic N) is 2. The van der Waals surface area contributed by atoms with Crippen LogP contribution in [0.15, 0.2) is 0 Å². The Morgan fingerprint density at radius 2 is 2.12 bits per heavy atom. The van der Waals surface area contributed by atoms with Gasteiger partial charge in [0.1, 0.15) is 5.82 Å². The normalized spacial score (nSPS) is 16.4. The van der Waals surface area contributed by atoms with E-state index in [2.05, 4.69) is 44.5 Å². The number of rotatable bonds is 3. The minimum atomic E-state index is 0.178. The standard InChI is InChI=1S/C14H25N3/c1-6-14(4,5)17-12-7-8-15-9-11(12)16-13(17)10(2)3/h10,15H,6-9H2,1-5H3. The van der Waals surface area contributed by atoms with Crippen LogP contribution >= 0.6 is 0 Å². The Labute approximate surface area is 105 Å². The Hall–Kier alpha value is -0.830. The van der Waals surface area contributed by atoms with Crippen molar-refractivity contribution in [3.05, 3.63) is 17.2 Å². The van der Waals surface area contributed by atoms with E-state index in [-0.39, 0.29) is 5.54 Å². The second-order valence-corrected chi connectivity index (χ2v) is 5.95. The molecule has 1 aliphatic heterocycles. The van der Waals surface area contributed by atoms with E-state index < -0.39 is 0 Å². The zero-order valence-electron chi connectivity index (χ0n) is 11.8. The molecule has 0 amide bonds. The van der Waals surface area contributed by atoms with Gasteiger partial charge in [-0.3, -0.25) is 0 Å². The van der Waals surface area contributed by atoms with E-state index in [0.29, 0.717) is 5.92 Å². The predicted octanol–water partition coefficient (Wildman–Crippen LogP) is 2.80. The van der Waals surface area contributed by atoms with Crippen LogP contribution in [0.3, 0.4) is 0 Å². The largest absolute Gasteiger partial charge is 0.326 e. The molecule has 0 spiro atoms. The molecule has 0 unspecified atom stereocenters. The van der Waals surface area contributed by atoms with Crippen molar-refractivity contribution in [1.82, 2.24) is 14.9 Å². The fourth-order valence-corrected chi connectivity index (χ4v) is 2.55. The van der Waals surface area contributed by atoms with Gasteiger partial charge in [0.05, 0.1) is 5.69 Å². The highest BCUT2D eigenvalue weighted by Crippen LogP contribution is 2.30. The summed E-state index contributed by atoms with van der Waals surface area (Å²) in [5.41, 5.74) is 2.90. The highest BCUT2D eigenvalue weighted by molar-refractivity contribution is 5.23. The highest BCUT2D eigenvalue weighted by Gasteiger charge is 2.29. The lowest BCUT2D eigenvalue weighted by Gasteiger charge is -2.31. The van der Waals surface area contributed by atoms with Crippen molar-refractivity contribution in [2.75, 3.05) is 6.54 Å². The minimum Gasteiger partial charge on any atom is -0.326 e. The first-order valence-corrected chi connectivity index (χ1v) is 6.79. The van der Waals surface area contributed by atoms with Gasteiger partial charge < -0.3 is 9.88 Å². The summed E-state index contributed by atoms with van der Waals surface area (Å²) in [5.74, 6) is 1.75. The van der Waals surface area contributed by atoms with Gasteiger partial charge in [0, 0.05) is 36.7 Å². The first-order valence-electron chi connectivity index (χ1n) is 6.79. The Bertz CT molecular complexity index is 402. The fraction of sp³-hybridized carbons (Fsp3) is 0.786. The number of hydrogen-bond donors (Lipinski definition) is 1. The topological polar surface area (TPSA) is 29.9 Å². The van der Waals surface area contributed by atoms with E-state index in [1.54, 1.807) is 0 Å². The quantitative estimate of drug-likeness (QED) is 0.873. The average molecular weight is 235 g/mol. The summed E-state index contributed by atoms with van der Waals surface area (Å²) in [4.78, 5) is 4.86. The van der Waals surface area contributed by atoms with Gasteiger partial charge in [-0.05, 0) is 20.3 Å². The molecule has 0 fully saturated rings. The fourth-order valence-electron chi connectivity index (χ4n) is 2.55. The third-order valence-electron chi connectivity index (χ3n) is 3.90. The lowest BCUT2D eigenvalue weighted by atomic mass is 9.99. The van der Waals surface area contributed by atoms with Gasteiger partial charge in [-0.15, -0.1) is 0 Å². The predicted molar refractivity (Wildman–Crippen MR) is 71.3 cm³/mol. The minimum absolute atomic E-state index is 0.178. The summed E-state index contributed by atoms with van der Waals surface area (Å²) >= 11 is 0. The first-order chi connectivity index (χ1) is 7.97. The van der Waals surface area contributed by atoms with Crippen LogP contribution in [0.2, 0.25) is 0 Å². The second kappa shape index (κ2) is 4.45. The van der Waals surface area contributed by atoms with Crippen molar-refractivity contribution in [3.8, 4) is 0 Å². The molecule has 1 aromatic heterocycles. The number of imidazole rings is 1. The third-order valence-corrected chi connectivity index (χ3v) is 3.90. The molecular formula is C14H25N3. The third kappa shape index (κ3) is 2.13. The van der Waals surface area contributed by atoms with Crippen LogP contribution in [0.1, 0.15) is 64.2 Å². The molecule has 3 heteroatoms. The monoisotopic (exact) mass is 235 g/mol. The summed E-state index contributed by atoms with van der Waals surface area (Å²) in [6.45, 7) is 13.4. The van der Waals surface area contributed by atoms with E-state index in [1.165, 1.54) is 17.2 Å². The molecule has 1 aromatic rings. The average Bonchev–Trinajstić information content (AvgIpc) is 2.69. The van der Waals surface area contributed by atoms with Crippen LogP contribution in [0, 0.1) is 0 Å². The van der Waals surface area contributed by atoms with Gasteiger partial charge in [0.15, 0.2) is 0 Å². The molecule has 3 nitrogen and oxygen atoms in total. The van der Waals surface area contributed by atoms with Crippen molar-refractivity contribution in [1.29, 1.82) is 0 Å². The smallest absolute Gasteiger partial charge is 0.112 e. The number of hydrogen-bond acceptors (Lipinski definition) is 2. The Morgan fingerprint density at radius 1 is 1.41 bits per heavy atom. The summed E-state index contributed by atoms with van der Waals surface area (Å²) in [7, 11) is 0. The van der Waals surface area contributed by atoms with E-state index in [4.69, 9.17) is 4.98 Å². The van der Waals surface area contributed by atoms with Gasteiger partial charge in [-0.1, -0.05) is 20.8 Å². The molecule has 0 saturated carbocycles. The maximum atomic E-state index is 4.86. The summed E-state index contributed by atoms with van der Waals surface area (Å²) in [6.07, 6.45) is 2.25. The Balaban J connectivity index is 2.57. The molecule has 1 N–H and O–H groups in total. The van der Waals surface area contributed by atoms with Crippen LogP contribution in [0.5, 0.6) is 0 Å². The molecule has 0 radical (unpaired) electrons. The lowest BCUT2D eigenvalue weighted by Crippen LogP contribution is -2.32. The Morgan fingerprint density at radius 3 is 2.71 bits per heavy atom. The summed E-state index contributed by atoms with van der Waals surface area (Å²) in [6, 6.07) is 0. The van der Waals surface area contributed by atoms with E-state index in [0.717, 1.165) is 25.9 Å². The zero-order chi connectivity index (χ0) is 12.6. The SMILES string of the molecule is CCC(C)(C)n1c(C(C)C)nc2c1CCNC2. The summed E-state index contributed by atoms with van der Waals surface area (Å²) < 4.78 is 2.51. The van der Waals surface area contributed by atoms with Crippen molar-refractivity contribution in [2.45, 2.75) is 65.5 Å². The van der Waals surface area contributed by atoms with Crippen LogP contribution < -0.4 is 5.32 Å². The van der Waals surface area contributed by atoms with Gasteiger partial charge >= 0.3 is 0 Å². The van der Waals surface area contributed by atoms with Crippen molar-refractivity contribution < 1.29 is 0 Å². The molecule has 1 aliphatic rings. The number of aromatic nitrogens is 2. The molecule has 0 aromatic carbocycles. The number of nitrogens with one attached hydrogen (secondary N) is 1. The summed E-state index contributed by atoms with van der Waals surface area (Å²) in [5, 5.41) is 3.41. The van der Waals surface area contributed by atoms with Crippen LogP contribution in [0.25, 0.3) is 0 Å². The molecular weight excluding hydrogens is 210 g/mol. The Kier molecular flexibility index (Phi) is 3.30. The molecule has 2 rings (SSSR count). The van der Waals surface area contributed by atoms with Crippen LogP contribution in [-0.2, 0) is 18.5 Å². The molecule has 96 valence electrons. The van der Waals surface area contributed by atoms with Crippen molar-refractivity contribution >= 4 is 0 Å². The maximum Gasteiger partial charge on any atom is 0.112 e. The van der Waals surface area contributed by atoms with E-state index in [9.17, 15) is 0 Å². The van der Waals surface area contributed by atoms with Crippen molar-refractivity contribution in [2.24, 2.45) is 0 Å². The first kappa shape index (κ1) is 12.6. The van der Waals surface area contributed by atoms with Crippen LogP contribution in [0.4, 0.5) is 0 Å². The van der Waals surface area contributed by atoms with Gasteiger partial charge in [-0.2, -0.15) is 0 Å². The molecule has 0 bridgehead atoms. The highest BCUT2D eigenvalue weighted by atomic mass is 15.2. The van der Waals surface area contributed by atoms with Gasteiger partial charge in [-0.25, -0.2) is 4.98 Å². The van der Waals surface area contributed by atoms with Gasteiger partial charge in [0.2, 0.25) is 0 Å². The zero-order valence-corrected chi connectivity index (χ0v) is 11.8. The number of fused-ring (bicyclic) bond motifs is 1. The molecule has 2 heterocycles. The van der Waals surface area contributed by atoms with Crippen LogP contribution in [-0.4, -0.2) is 16.1 Å². The molecule has 0 aliphatic carbocycles. The van der Waals surface area contributed by atoms with E-state index >= 15 is 0 Å². The second-order valence-electron chi connectivity index (χ2n) is 5.95. The van der Waals surface area contributed by atoms with Gasteiger partial charge in [0.25, 0.3) is 0 Å². The van der Waals surface area contributed by atoms with Crippen molar-refractivity contribution in [3.63, 3.8) is 0 Å². The molecule has 0 atom stereocenters. The maximum absolute atomic E-state index is 4.86.